The van der Waals surface area contributed by atoms with Crippen molar-refractivity contribution in [3.63, 3.8) is 0 Å². The van der Waals surface area contributed by atoms with Crippen LogP contribution in [-0.4, -0.2) is 23.4 Å². The van der Waals surface area contributed by atoms with Crippen molar-refractivity contribution in [1.82, 2.24) is 4.57 Å². The molecule has 6 rings (SSSR count). The number of benzene rings is 2. The molecular weight excluding hydrogens is 488 g/mol. The lowest BCUT2D eigenvalue weighted by Crippen LogP contribution is -2.58. The maximum atomic E-state index is 13.6. The first-order valence-electron chi connectivity index (χ1n) is 10.9. The highest BCUT2D eigenvalue weighted by Gasteiger charge is 2.55. The van der Waals surface area contributed by atoms with Gasteiger partial charge in [-0.15, -0.1) is 0 Å². The van der Waals surface area contributed by atoms with Gasteiger partial charge in [0, 0.05) is 22.2 Å². The molecule has 7 nitrogen and oxygen atoms in total. The molecule has 4 aromatic rings. The molecule has 3 atom stereocenters. The van der Waals surface area contributed by atoms with E-state index in [1.807, 2.05) is 48.5 Å². The highest BCUT2D eigenvalue weighted by atomic mass is 35.5. The normalized spacial score (nSPS) is 22.5. The Hall–Kier alpha value is -3.62. The molecule has 0 saturated heterocycles. The lowest BCUT2D eigenvalue weighted by atomic mass is 9.81. The number of thiazole rings is 1. The molecule has 2 aliphatic rings. The molecule has 9 heteroatoms. The maximum absolute atomic E-state index is 13.6. The quantitative estimate of drug-likeness (QED) is 0.395. The fourth-order valence-electron chi connectivity index (χ4n) is 4.79. The molecule has 0 amide bonds. The van der Waals surface area contributed by atoms with Gasteiger partial charge in [-0.25, -0.2) is 4.99 Å². The second-order valence-electron chi connectivity index (χ2n) is 8.53. The molecule has 0 radical (unpaired) electrons. The van der Waals surface area contributed by atoms with Gasteiger partial charge in [0.15, 0.2) is 4.80 Å². The van der Waals surface area contributed by atoms with Crippen LogP contribution in [0, 0.1) is 5.92 Å². The van der Waals surface area contributed by atoms with Crippen LogP contribution in [0.25, 0.3) is 17.4 Å². The SMILES string of the molecule is COC(=O)[C@H]1[C@H]2c3ccccc3O[C@@]1(C)N=c1s/c(=C/c3ccc(-c4cccc(Cl)c4)o3)c(=O)n12. The zero-order valence-electron chi connectivity index (χ0n) is 18.7. The third-order valence-electron chi connectivity index (χ3n) is 6.34. The lowest BCUT2D eigenvalue weighted by Gasteiger charge is -2.44. The Morgan fingerprint density at radius 2 is 2.03 bits per heavy atom. The molecule has 0 fully saturated rings. The van der Waals surface area contributed by atoms with E-state index in [4.69, 9.17) is 30.5 Å². The minimum atomic E-state index is -1.20. The van der Waals surface area contributed by atoms with Crippen LogP contribution in [0.5, 0.6) is 5.75 Å². The first-order valence-corrected chi connectivity index (χ1v) is 12.1. The number of rotatable bonds is 3. The number of carbonyl (C=O) groups is 1. The number of para-hydroxylation sites is 1. The number of furan rings is 1. The molecular formula is C26H19ClN2O5S. The van der Waals surface area contributed by atoms with Gasteiger partial charge in [-0.1, -0.05) is 53.3 Å². The Labute approximate surface area is 208 Å². The van der Waals surface area contributed by atoms with E-state index in [9.17, 15) is 9.59 Å². The van der Waals surface area contributed by atoms with Crippen LogP contribution in [0.4, 0.5) is 0 Å². The van der Waals surface area contributed by atoms with Crippen molar-refractivity contribution in [2.24, 2.45) is 10.9 Å². The van der Waals surface area contributed by atoms with E-state index in [0.717, 1.165) is 11.1 Å². The van der Waals surface area contributed by atoms with E-state index < -0.39 is 23.7 Å². The smallest absolute Gasteiger partial charge is 0.317 e. The van der Waals surface area contributed by atoms with Crippen molar-refractivity contribution >= 4 is 35.0 Å². The van der Waals surface area contributed by atoms with Crippen molar-refractivity contribution in [1.29, 1.82) is 0 Å². The third-order valence-corrected chi connectivity index (χ3v) is 7.56. The van der Waals surface area contributed by atoms with E-state index in [-0.39, 0.29) is 5.56 Å². The van der Waals surface area contributed by atoms with E-state index in [1.165, 1.54) is 18.4 Å². The Morgan fingerprint density at radius 3 is 2.83 bits per heavy atom. The second kappa shape index (κ2) is 7.96. The van der Waals surface area contributed by atoms with E-state index in [1.54, 1.807) is 29.7 Å². The number of methoxy groups -OCH3 is 1. The fraction of sp³-hybridized carbons (Fsp3) is 0.192. The zero-order chi connectivity index (χ0) is 24.3. The summed E-state index contributed by atoms with van der Waals surface area (Å²) in [6, 6.07) is 17.8. The largest absolute Gasteiger partial charge is 0.469 e. The summed E-state index contributed by atoms with van der Waals surface area (Å²) in [5, 5.41) is 0.609. The highest BCUT2D eigenvalue weighted by molar-refractivity contribution is 7.07. The number of aromatic nitrogens is 1. The molecule has 2 aliphatic heterocycles. The number of fused-ring (bicyclic) bond motifs is 6. The average Bonchev–Trinajstić information content (AvgIpc) is 3.42. The molecule has 2 aromatic heterocycles. The summed E-state index contributed by atoms with van der Waals surface area (Å²) in [6.07, 6.45) is 1.69. The number of carbonyl (C=O) groups excluding carboxylic acids is 1. The van der Waals surface area contributed by atoms with Crippen LogP contribution < -0.4 is 19.6 Å². The number of nitrogens with zero attached hydrogens (tertiary/aromatic N) is 2. The molecule has 0 aliphatic carbocycles. The molecule has 0 N–H and O–H groups in total. The summed E-state index contributed by atoms with van der Waals surface area (Å²) >= 11 is 7.33. The van der Waals surface area contributed by atoms with E-state index >= 15 is 0 Å². The van der Waals surface area contributed by atoms with Crippen LogP contribution in [0.3, 0.4) is 0 Å². The maximum Gasteiger partial charge on any atom is 0.317 e. The Balaban J connectivity index is 1.51. The van der Waals surface area contributed by atoms with Crippen molar-refractivity contribution < 1.29 is 18.7 Å². The van der Waals surface area contributed by atoms with Crippen LogP contribution in [0.15, 0.2) is 74.9 Å². The number of halogens is 1. The van der Waals surface area contributed by atoms with Gasteiger partial charge in [0.25, 0.3) is 5.56 Å². The van der Waals surface area contributed by atoms with Gasteiger partial charge in [-0.05, 0) is 37.3 Å². The number of ether oxygens (including phenoxy) is 2. The fourth-order valence-corrected chi connectivity index (χ4v) is 6.06. The topological polar surface area (TPSA) is 83.0 Å². The van der Waals surface area contributed by atoms with Gasteiger partial charge in [0.05, 0.1) is 17.7 Å². The molecule has 4 heterocycles. The molecule has 2 bridgehead atoms. The monoisotopic (exact) mass is 506 g/mol. The van der Waals surface area contributed by atoms with Crippen molar-refractivity contribution in [2.45, 2.75) is 18.7 Å². The molecule has 0 spiro atoms. The number of hydrogen-bond acceptors (Lipinski definition) is 7. The summed E-state index contributed by atoms with van der Waals surface area (Å²) in [6.45, 7) is 1.75. The lowest BCUT2D eigenvalue weighted by molar-refractivity contribution is -0.158. The average molecular weight is 507 g/mol. The molecule has 0 saturated carbocycles. The van der Waals surface area contributed by atoms with E-state index in [2.05, 4.69) is 0 Å². The predicted octanol–water partition coefficient (Wildman–Crippen LogP) is 3.77. The zero-order valence-corrected chi connectivity index (χ0v) is 20.3. The molecule has 0 unspecified atom stereocenters. The predicted molar refractivity (Wildman–Crippen MR) is 131 cm³/mol. The van der Waals surface area contributed by atoms with Crippen LogP contribution >= 0.6 is 22.9 Å². The molecule has 35 heavy (non-hydrogen) atoms. The summed E-state index contributed by atoms with van der Waals surface area (Å²) < 4.78 is 19.3. The van der Waals surface area contributed by atoms with Crippen molar-refractivity contribution in [3.05, 3.63) is 96.7 Å². The van der Waals surface area contributed by atoms with Gasteiger partial charge < -0.3 is 13.9 Å². The Kier molecular flexibility index (Phi) is 4.98. The second-order valence-corrected chi connectivity index (χ2v) is 9.98. The van der Waals surface area contributed by atoms with Gasteiger partial charge in [-0.2, -0.15) is 0 Å². The Morgan fingerprint density at radius 1 is 1.20 bits per heavy atom. The van der Waals surface area contributed by atoms with Crippen LogP contribution in [0.1, 0.15) is 24.3 Å². The van der Waals surface area contributed by atoms with Gasteiger partial charge in [0.2, 0.25) is 5.72 Å². The summed E-state index contributed by atoms with van der Waals surface area (Å²) in [5.41, 5.74) is 0.118. The minimum absolute atomic E-state index is 0.257. The standard InChI is InChI=1S/C26H19ClN2O5S/c1-26-21(24(31)32-2)22(17-8-3-4-9-19(17)34-26)29-23(30)20(35-25(29)28-26)13-16-10-11-18(33-16)14-6-5-7-15(27)12-14/h3-13,21-22H,1-2H3/b20-13+/t21-,22-,26-/m1/s1. The van der Waals surface area contributed by atoms with Crippen molar-refractivity contribution in [2.75, 3.05) is 7.11 Å². The molecule has 176 valence electrons. The number of esters is 1. The van der Waals surface area contributed by atoms with Crippen molar-refractivity contribution in [3.8, 4) is 17.1 Å². The third kappa shape index (κ3) is 3.44. The van der Waals surface area contributed by atoms with Crippen LogP contribution in [-0.2, 0) is 9.53 Å². The minimum Gasteiger partial charge on any atom is -0.469 e. The van der Waals surface area contributed by atoms with Gasteiger partial charge in [-0.3, -0.25) is 14.2 Å². The first-order chi connectivity index (χ1) is 16.9. The number of hydrogen-bond donors (Lipinski definition) is 0. The van der Waals surface area contributed by atoms with Gasteiger partial charge in [0.1, 0.15) is 23.2 Å². The summed E-state index contributed by atoms with van der Waals surface area (Å²) in [7, 11) is 1.33. The van der Waals surface area contributed by atoms with E-state index in [0.29, 0.717) is 31.6 Å². The van der Waals surface area contributed by atoms with Crippen LogP contribution in [0.2, 0.25) is 5.02 Å². The summed E-state index contributed by atoms with van der Waals surface area (Å²) in [5.74, 6) is 0.457. The summed E-state index contributed by atoms with van der Waals surface area (Å²) in [4.78, 5) is 31.7. The highest BCUT2D eigenvalue weighted by Crippen LogP contribution is 2.47. The Bertz CT molecular complexity index is 1670. The van der Waals surface area contributed by atoms with Gasteiger partial charge >= 0.3 is 5.97 Å². The molecule has 2 aromatic carbocycles. The first kappa shape index (κ1) is 21.9.